The molecule has 0 saturated heterocycles. The van der Waals surface area contributed by atoms with Gasteiger partial charge in [0.2, 0.25) is 5.91 Å². The first-order chi connectivity index (χ1) is 12.1. The molecule has 0 aliphatic heterocycles. The van der Waals surface area contributed by atoms with Crippen LogP contribution in [0.5, 0.6) is 0 Å². The Morgan fingerprint density at radius 1 is 1.28 bits per heavy atom. The average Bonchev–Trinajstić information content (AvgIpc) is 3.53. The van der Waals surface area contributed by atoms with E-state index < -0.39 is 0 Å². The molecular formula is C18H21FN4OS. The summed E-state index contributed by atoms with van der Waals surface area (Å²) >= 11 is 1.44. The Morgan fingerprint density at radius 3 is 2.72 bits per heavy atom. The summed E-state index contributed by atoms with van der Waals surface area (Å²) in [6, 6.07) is 7.07. The van der Waals surface area contributed by atoms with Crippen molar-refractivity contribution in [2.24, 2.45) is 0 Å². The molecular weight excluding hydrogens is 339 g/mol. The van der Waals surface area contributed by atoms with Gasteiger partial charge in [-0.25, -0.2) is 4.39 Å². The molecule has 132 valence electrons. The Morgan fingerprint density at radius 2 is 2.04 bits per heavy atom. The molecule has 2 aliphatic carbocycles. The molecule has 1 aromatic carbocycles. The van der Waals surface area contributed by atoms with Gasteiger partial charge in [0.25, 0.3) is 0 Å². The molecule has 1 amide bonds. The first-order valence-electron chi connectivity index (χ1n) is 8.68. The van der Waals surface area contributed by atoms with Crippen molar-refractivity contribution in [2.45, 2.75) is 49.3 Å². The van der Waals surface area contributed by atoms with E-state index in [-0.39, 0.29) is 18.3 Å². The van der Waals surface area contributed by atoms with Crippen LogP contribution in [0.2, 0.25) is 0 Å². The molecule has 0 bridgehead atoms. The zero-order valence-corrected chi connectivity index (χ0v) is 15.0. The molecule has 0 radical (unpaired) electrons. The SMILES string of the molecule is CN(Cc1ccccc1F)C(=O)CSc1nnc(C2CC2)n1C1CC1. The van der Waals surface area contributed by atoms with Crippen LogP contribution in [0, 0.1) is 5.82 Å². The standard InChI is InChI=1S/C18H21FN4OS/c1-22(10-13-4-2-3-5-15(13)19)16(24)11-25-18-21-20-17(12-6-7-12)23(18)14-8-9-14/h2-5,12,14H,6-11H2,1H3. The molecule has 2 aliphatic rings. The maximum atomic E-state index is 13.7. The van der Waals surface area contributed by atoms with Gasteiger partial charge in [-0.05, 0) is 31.7 Å². The number of halogens is 1. The summed E-state index contributed by atoms with van der Waals surface area (Å²) in [5, 5.41) is 9.52. The molecule has 5 nitrogen and oxygen atoms in total. The zero-order chi connectivity index (χ0) is 17.4. The van der Waals surface area contributed by atoms with Crippen LogP contribution in [0.3, 0.4) is 0 Å². The quantitative estimate of drug-likeness (QED) is 0.710. The third-order valence-corrected chi connectivity index (χ3v) is 5.59. The fraction of sp³-hybridized carbons (Fsp3) is 0.500. The number of carbonyl (C=O) groups is 1. The Hall–Kier alpha value is -1.89. The number of rotatable bonds is 7. The Bertz CT molecular complexity index is 785. The lowest BCUT2D eigenvalue weighted by atomic mass is 10.2. The summed E-state index contributed by atoms with van der Waals surface area (Å²) in [4.78, 5) is 14.0. The fourth-order valence-corrected chi connectivity index (χ4v) is 3.84. The Balaban J connectivity index is 1.38. The Kier molecular flexibility index (Phi) is 4.50. The van der Waals surface area contributed by atoms with Crippen molar-refractivity contribution in [2.75, 3.05) is 12.8 Å². The van der Waals surface area contributed by atoms with Gasteiger partial charge in [0.1, 0.15) is 11.6 Å². The van der Waals surface area contributed by atoms with Gasteiger partial charge < -0.3 is 9.47 Å². The van der Waals surface area contributed by atoms with Crippen molar-refractivity contribution in [3.63, 3.8) is 0 Å². The van der Waals surface area contributed by atoms with Crippen LogP contribution in [0.15, 0.2) is 29.4 Å². The predicted molar refractivity (Wildman–Crippen MR) is 93.9 cm³/mol. The van der Waals surface area contributed by atoms with E-state index in [0.717, 1.165) is 11.0 Å². The molecule has 2 fully saturated rings. The minimum atomic E-state index is -0.280. The number of aromatic nitrogens is 3. The van der Waals surface area contributed by atoms with E-state index in [0.29, 0.717) is 23.3 Å². The first-order valence-corrected chi connectivity index (χ1v) is 9.67. The van der Waals surface area contributed by atoms with Crippen LogP contribution in [0.25, 0.3) is 0 Å². The van der Waals surface area contributed by atoms with Gasteiger partial charge in [-0.15, -0.1) is 10.2 Å². The highest BCUT2D eigenvalue weighted by atomic mass is 32.2. The van der Waals surface area contributed by atoms with Crippen LogP contribution in [-0.2, 0) is 11.3 Å². The zero-order valence-electron chi connectivity index (χ0n) is 14.2. The topological polar surface area (TPSA) is 51.0 Å². The summed E-state index contributed by atoms with van der Waals surface area (Å²) < 4.78 is 16.0. The Labute approximate surface area is 150 Å². The van der Waals surface area contributed by atoms with Crippen LogP contribution < -0.4 is 0 Å². The molecule has 4 rings (SSSR count). The van der Waals surface area contributed by atoms with Gasteiger partial charge in [0, 0.05) is 31.1 Å². The second-order valence-electron chi connectivity index (χ2n) is 6.85. The van der Waals surface area contributed by atoms with Crippen molar-refractivity contribution >= 4 is 17.7 Å². The monoisotopic (exact) mass is 360 g/mol. The molecule has 0 spiro atoms. The number of hydrogen-bond donors (Lipinski definition) is 0. The van der Waals surface area contributed by atoms with Crippen LogP contribution in [0.4, 0.5) is 4.39 Å². The number of carbonyl (C=O) groups excluding carboxylic acids is 1. The highest BCUT2D eigenvalue weighted by molar-refractivity contribution is 7.99. The van der Waals surface area contributed by atoms with E-state index in [2.05, 4.69) is 14.8 Å². The van der Waals surface area contributed by atoms with E-state index >= 15 is 0 Å². The molecule has 2 saturated carbocycles. The number of amides is 1. The summed E-state index contributed by atoms with van der Waals surface area (Å²) in [6.45, 7) is 0.273. The van der Waals surface area contributed by atoms with Gasteiger partial charge in [0.05, 0.1) is 5.75 Å². The lowest BCUT2D eigenvalue weighted by Gasteiger charge is -2.17. The molecule has 1 heterocycles. The molecule has 2 aromatic rings. The number of hydrogen-bond acceptors (Lipinski definition) is 4. The fourth-order valence-electron chi connectivity index (χ4n) is 2.89. The van der Waals surface area contributed by atoms with Gasteiger partial charge in [-0.2, -0.15) is 0 Å². The highest BCUT2D eigenvalue weighted by Gasteiger charge is 2.36. The predicted octanol–water partition coefficient (Wildman–Crippen LogP) is 3.38. The molecule has 1 aromatic heterocycles. The van der Waals surface area contributed by atoms with E-state index in [9.17, 15) is 9.18 Å². The smallest absolute Gasteiger partial charge is 0.233 e. The van der Waals surface area contributed by atoms with Crippen LogP contribution in [-0.4, -0.2) is 38.4 Å². The summed E-state index contributed by atoms with van der Waals surface area (Å²) in [6.07, 6.45) is 4.73. The third kappa shape index (κ3) is 3.71. The summed E-state index contributed by atoms with van der Waals surface area (Å²) in [5.41, 5.74) is 0.528. The lowest BCUT2D eigenvalue weighted by molar-refractivity contribution is -0.127. The molecule has 7 heteroatoms. The minimum Gasteiger partial charge on any atom is -0.341 e. The van der Waals surface area contributed by atoms with Gasteiger partial charge in [0.15, 0.2) is 5.16 Å². The van der Waals surface area contributed by atoms with Crippen LogP contribution in [0.1, 0.15) is 49.0 Å². The van der Waals surface area contributed by atoms with Gasteiger partial charge >= 0.3 is 0 Å². The molecule has 0 N–H and O–H groups in total. The van der Waals surface area contributed by atoms with Gasteiger partial charge in [-0.1, -0.05) is 30.0 Å². The first kappa shape index (κ1) is 16.6. The lowest BCUT2D eigenvalue weighted by Crippen LogP contribution is -2.28. The summed E-state index contributed by atoms with van der Waals surface area (Å²) in [7, 11) is 1.70. The number of nitrogens with zero attached hydrogens (tertiary/aromatic N) is 4. The molecule has 0 atom stereocenters. The van der Waals surface area contributed by atoms with E-state index in [1.54, 1.807) is 30.1 Å². The summed E-state index contributed by atoms with van der Waals surface area (Å²) in [5.74, 6) is 1.63. The minimum absolute atomic E-state index is 0.0356. The maximum Gasteiger partial charge on any atom is 0.233 e. The normalized spacial score (nSPS) is 16.9. The second kappa shape index (κ2) is 6.78. The number of benzene rings is 1. The average molecular weight is 360 g/mol. The van der Waals surface area contributed by atoms with E-state index in [4.69, 9.17) is 0 Å². The maximum absolute atomic E-state index is 13.7. The molecule has 0 unspecified atom stereocenters. The van der Waals surface area contributed by atoms with E-state index in [1.165, 1.54) is 43.5 Å². The van der Waals surface area contributed by atoms with E-state index in [1.807, 2.05) is 0 Å². The largest absolute Gasteiger partial charge is 0.341 e. The van der Waals surface area contributed by atoms with Crippen molar-refractivity contribution in [3.05, 3.63) is 41.5 Å². The van der Waals surface area contributed by atoms with Gasteiger partial charge in [-0.3, -0.25) is 4.79 Å². The second-order valence-corrected chi connectivity index (χ2v) is 7.79. The third-order valence-electron chi connectivity index (χ3n) is 4.66. The number of thioether (sulfide) groups is 1. The van der Waals surface area contributed by atoms with Crippen molar-refractivity contribution in [1.82, 2.24) is 19.7 Å². The van der Waals surface area contributed by atoms with Crippen molar-refractivity contribution in [3.8, 4) is 0 Å². The highest BCUT2D eigenvalue weighted by Crippen LogP contribution is 2.45. The van der Waals surface area contributed by atoms with Crippen LogP contribution >= 0.6 is 11.8 Å². The van der Waals surface area contributed by atoms with Crippen molar-refractivity contribution < 1.29 is 9.18 Å². The van der Waals surface area contributed by atoms with Crippen molar-refractivity contribution in [1.29, 1.82) is 0 Å². The molecule has 25 heavy (non-hydrogen) atoms.